The molecule has 2 atom stereocenters. The fourth-order valence-corrected chi connectivity index (χ4v) is 5.17. The molecule has 0 radical (unpaired) electrons. The van der Waals surface area contributed by atoms with Crippen LogP contribution in [0.1, 0.15) is 38.2 Å². The number of rotatable bonds is 6. The maximum absolute atomic E-state index is 6.29. The van der Waals surface area contributed by atoms with Gasteiger partial charge in [-0.3, -0.25) is 14.7 Å². The Labute approximate surface area is 179 Å². The number of allylic oxidation sites excluding steroid dienone is 2. The van der Waals surface area contributed by atoms with Crippen LogP contribution in [-0.2, 0) is 16.2 Å². The van der Waals surface area contributed by atoms with E-state index in [0.29, 0.717) is 12.5 Å². The zero-order valence-corrected chi connectivity index (χ0v) is 17.7. The van der Waals surface area contributed by atoms with E-state index in [0.717, 1.165) is 45.4 Å². The van der Waals surface area contributed by atoms with Gasteiger partial charge in [-0.15, -0.1) is 0 Å². The van der Waals surface area contributed by atoms with E-state index in [-0.39, 0.29) is 11.7 Å². The Morgan fingerprint density at radius 3 is 2.83 bits per heavy atom. The van der Waals surface area contributed by atoms with Crippen LogP contribution in [0.25, 0.3) is 0 Å². The Bertz CT molecular complexity index is 870. The molecule has 1 fully saturated rings. The lowest BCUT2D eigenvalue weighted by Crippen LogP contribution is -2.59. The number of ether oxygens (including phenoxy) is 1. The van der Waals surface area contributed by atoms with E-state index in [1.807, 2.05) is 11.1 Å². The smallest absolute Gasteiger partial charge is 0.111 e. The second-order valence-electron chi connectivity index (χ2n) is 8.56. The number of hydroxylamine groups is 2. The third kappa shape index (κ3) is 3.45. The van der Waals surface area contributed by atoms with Gasteiger partial charge in [-0.05, 0) is 49.3 Å². The number of benzene rings is 1. The normalized spacial score (nSPS) is 28.8. The quantitative estimate of drug-likeness (QED) is 0.701. The van der Waals surface area contributed by atoms with E-state index in [4.69, 9.17) is 14.6 Å². The van der Waals surface area contributed by atoms with Gasteiger partial charge >= 0.3 is 0 Å². The lowest BCUT2D eigenvalue weighted by atomic mass is 9.79. The van der Waals surface area contributed by atoms with Crippen LogP contribution in [-0.4, -0.2) is 47.1 Å². The lowest BCUT2D eigenvalue weighted by molar-refractivity contribution is -0.123. The molecule has 158 valence electrons. The molecule has 1 aromatic carbocycles. The van der Waals surface area contributed by atoms with E-state index in [2.05, 4.69) is 66.6 Å². The molecule has 30 heavy (non-hydrogen) atoms. The predicted octanol–water partition coefficient (Wildman–Crippen LogP) is 4.45. The summed E-state index contributed by atoms with van der Waals surface area (Å²) in [6.07, 6.45) is 15.3. The van der Waals surface area contributed by atoms with Crippen molar-refractivity contribution in [1.29, 1.82) is 0 Å². The largest absolute Gasteiger partial charge is 0.381 e. The molecule has 3 heterocycles. The van der Waals surface area contributed by atoms with Crippen LogP contribution in [0.15, 0.2) is 71.5 Å². The molecule has 2 unspecified atom stereocenters. The average Bonchev–Trinajstić information content (AvgIpc) is 3.11. The zero-order valence-electron chi connectivity index (χ0n) is 17.7. The highest BCUT2D eigenvalue weighted by atomic mass is 16.7. The Hall–Kier alpha value is -2.21. The van der Waals surface area contributed by atoms with Crippen LogP contribution in [0.2, 0.25) is 0 Å². The first-order chi connectivity index (χ1) is 14.8. The molecular weight excluding hydrogens is 374 g/mol. The van der Waals surface area contributed by atoms with Gasteiger partial charge in [-0.2, -0.15) is 0 Å². The van der Waals surface area contributed by atoms with Crippen LogP contribution >= 0.6 is 0 Å². The predicted molar refractivity (Wildman–Crippen MR) is 119 cm³/mol. The molecule has 4 aliphatic rings. The second kappa shape index (κ2) is 8.50. The van der Waals surface area contributed by atoms with Crippen LogP contribution in [0.5, 0.6) is 0 Å². The highest BCUT2D eigenvalue weighted by Gasteiger charge is 2.54. The molecule has 5 nitrogen and oxygen atoms in total. The van der Waals surface area contributed by atoms with Crippen molar-refractivity contribution in [2.24, 2.45) is 10.9 Å². The van der Waals surface area contributed by atoms with Crippen molar-refractivity contribution in [2.45, 2.75) is 50.9 Å². The summed E-state index contributed by atoms with van der Waals surface area (Å²) >= 11 is 0. The fraction of sp³-hybridized carbons (Fsp3) is 0.480. The molecular formula is C25H31N3O2. The van der Waals surface area contributed by atoms with E-state index >= 15 is 0 Å². The second-order valence-corrected chi connectivity index (χ2v) is 8.56. The molecule has 5 heteroatoms. The zero-order chi connectivity index (χ0) is 20.4. The molecule has 1 saturated heterocycles. The van der Waals surface area contributed by atoms with Gasteiger partial charge in [-0.25, -0.2) is 5.06 Å². The average molecular weight is 406 g/mol. The molecule has 1 aromatic rings. The van der Waals surface area contributed by atoms with E-state index in [1.54, 1.807) is 0 Å². The van der Waals surface area contributed by atoms with Gasteiger partial charge in [0.2, 0.25) is 0 Å². The van der Waals surface area contributed by atoms with Gasteiger partial charge in [0.25, 0.3) is 0 Å². The third-order valence-corrected chi connectivity index (χ3v) is 6.76. The summed E-state index contributed by atoms with van der Waals surface area (Å²) in [6, 6.07) is 10.3. The minimum Gasteiger partial charge on any atom is -0.381 e. The summed E-state index contributed by atoms with van der Waals surface area (Å²) in [5.74, 6) is 0.661. The van der Waals surface area contributed by atoms with Crippen molar-refractivity contribution in [1.82, 2.24) is 9.96 Å². The van der Waals surface area contributed by atoms with Crippen molar-refractivity contribution in [2.75, 3.05) is 19.8 Å². The van der Waals surface area contributed by atoms with Crippen molar-refractivity contribution in [3.05, 3.63) is 72.1 Å². The summed E-state index contributed by atoms with van der Waals surface area (Å²) in [5, 5.41) is 1.98. The fourth-order valence-electron chi connectivity index (χ4n) is 5.17. The number of nitrogens with zero attached hydrogens (tertiary/aromatic N) is 3. The SMILES string of the molecule is CCC1N=C2C=CC=C3N(OCc4ccccc4)C=CCC32N1CC1CCOCC1. The van der Waals surface area contributed by atoms with Crippen LogP contribution < -0.4 is 0 Å². The van der Waals surface area contributed by atoms with E-state index in [1.165, 1.54) is 17.0 Å². The van der Waals surface area contributed by atoms with Gasteiger partial charge in [0.1, 0.15) is 18.3 Å². The van der Waals surface area contributed by atoms with Crippen LogP contribution in [0.3, 0.4) is 0 Å². The van der Waals surface area contributed by atoms with Gasteiger partial charge in [0.15, 0.2) is 0 Å². The summed E-state index contributed by atoms with van der Waals surface area (Å²) in [4.78, 5) is 14.1. The topological polar surface area (TPSA) is 37.3 Å². The molecule has 0 N–H and O–H groups in total. The first-order valence-corrected chi connectivity index (χ1v) is 11.3. The number of hydrogen-bond donors (Lipinski definition) is 0. The molecule has 0 saturated carbocycles. The Balaban J connectivity index is 1.42. The van der Waals surface area contributed by atoms with Crippen LogP contribution in [0, 0.1) is 5.92 Å². The third-order valence-electron chi connectivity index (χ3n) is 6.76. The highest BCUT2D eigenvalue weighted by molar-refractivity contribution is 6.08. The molecule has 5 rings (SSSR count). The van der Waals surface area contributed by atoms with Gasteiger partial charge in [0.05, 0.1) is 11.4 Å². The molecule has 3 aliphatic heterocycles. The van der Waals surface area contributed by atoms with Crippen molar-refractivity contribution in [3.63, 3.8) is 0 Å². The monoisotopic (exact) mass is 405 g/mol. The number of hydrogen-bond acceptors (Lipinski definition) is 5. The Morgan fingerprint density at radius 1 is 1.20 bits per heavy atom. The van der Waals surface area contributed by atoms with Crippen molar-refractivity contribution in [3.8, 4) is 0 Å². The standard InChI is InChI=1S/C25H31N3O2/c1-2-24-26-22-10-6-11-23-25(22,27(24)18-20-12-16-29-17-13-20)14-7-15-28(23)30-19-21-8-4-3-5-9-21/h3-11,15,20,24H,2,12-14,16-19H2,1H3. The Kier molecular flexibility index (Phi) is 5.59. The molecule has 0 amide bonds. The molecule has 0 aromatic heterocycles. The van der Waals surface area contributed by atoms with Gasteiger partial charge < -0.3 is 4.74 Å². The summed E-state index contributed by atoms with van der Waals surface area (Å²) in [7, 11) is 0. The summed E-state index contributed by atoms with van der Waals surface area (Å²) in [5.41, 5.74) is 3.31. The number of aliphatic imine (C=N–C) groups is 1. The molecule has 1 spiro atoms. The molecule has 0 bridgehead atoms. The van der Waals surface area contributed by atoms with Crippen LogP contribution in [0.4, 0.5) is 0 Å². The summed E-state index contributed by atoms with van der Waals surface area (Å²) in [6.45, 7) is 5.61. The minimum absolute atomic E-state index is 0.219. The minimum atomic E-state index is -0.223. The van der Waals surface area contributed by atoms with E-state index < -0.39 is 0 Å². The molecule has 1 aliphatic carbocycles. The van der Waals surface area contributed by atoms with E-state index in [9.17, 15) is 0 Å². The Morgan fingerprint density at radius 2 is 2.03 bits per heavy atom. The van der Waals surface area contributed by atoms with Gasteiger partial charge in [-0.1, -0.05) is 49.4 Å². The van der Waals surface area contributed by atoms with Crippen molar-refractivity contribution >= 4 is 5.71 Å². The van der Waals surface area contributed by atoms with Gasteiger partial charge in [0, 0.05) is 26.0 Å². The van der Waals surface area contributed by atoms with Crippen molar-refractivity contribution < 1.29 is 9.57 Å². The highest BCUT2D eigenvalue weighted by Crippen LogP contribution is 2.45. The lowest BCUT2D eigenvalue weighted by Gasteiger charge is -2.48. The summed E-state index contributed by atoms with van der Waals surface area (Å²) < 4.78 is 5.61. The first-order valence-electron chi connectivity index (χ1n) is 11.3. The maximum Gasteiger partial charge on any atom is 0.111 e. The first kappa shape index (κ1) is 19.7. The maximum atomic E-state index is 6.29.